The molecule has 3 rings (SSSR count). The number of carbonyl (C=O) groups excluding carboxylic acids is 2. The van der Waals surface area contributed by atoms with Gasteiger partial charge in [-0.15, -0.1) is 0 Å². The molecule has 0 unspecified atom stereocenters. The Morgan fingerprint density at radius 3 is 2.44 bits per heavy atom. The van der Waals surface area contributed by atoms with E-state index in [1.54, 1.807) is 24.3 Å². The zero-order chi connectivity index (χ0) is 17.6. The summed E-state index contributed by atoms with van der Waals surface area (Å²) in [4.78, 5) is 27.3. The van der Waals surface area contributed by atoms with Crippen LogP contribution < -0.4 is 10.2 Å². The quantitative estimate of drug-likeness (QED) is 0.880. The molecular formula is C20H24N3O2+. The predicted octanol–water partition coefficient (Wildman–Crippen LogP) is 1.19. The van der Waals surface area contributed by atoms with Crippen LogP contribution in [0.25, 0.3) is 0 Å². The molecule has 0 bridgehead atoms. The smallest absolute Gasteiger partial charge is 0.254 e. The Morgan fingerprint density at radius 1 is 1.04 bits per heavy atom. The van der Waals surface area contributed by atoms with E-state index < -0.39 is 0 Å². The van der Waals surface area contributed by atoms with Gasteiger partial charge in [-0.05, 0) is 18.2 Å². The number of benzene rings is 2. The van der Waals surface area contributed by atoms with Crippen molar-refractivity contribution in [1.82, 2.24) is 4.90 Å². The lowest BCUT2D eigenvalue weighted by atomic mass is 10.1. The zero-order valence-corrected chi connectivity index (χ0v) is 14.5. The first-order chi connectivity index (χ1) is 12.1. The van der Waals surface area contributed by atoms with E-state index >= 15 is 0 Å². The number of carbonyl (C=O) groups is 2. The molecule has 2 N–H and O–H groups in total. The average molecular weight is 338 g/mol. The van der Waals surface area contributed by atoms with Crippen molar-refractivity contribution in [1.29, 1.82) is 0 Å². The van der Waals surface area contributed by atoms with Crippen LogP contribution in [0.2, 0.25) is 0 Å². The van der Waals surface area contributed by atoms with Crippen molar-refractivity contribution in [3.05, 3.63) is 65.7 Å². The standard InChI is InChI=1S/C20H23N3O2/c1-16(24)21-19-9-5-8-18(14-19)20(25)23-12-10-22(11-13-23)15-17-6-3-2-4-7-17/h2-9,14H,10-13,15H2,1H3,(H,21,24)/p+1. The Balaban J connectivity index is 1.57. The molecule has 1 heterocycles. The van der Waals surface area contributed by atoms with Crippen LogP contribution in [-0.2, 0) is 11.3 Å². The summed E-state index contributed by atoms with van der Waals surface area (Å²) in [5.74, 6) is -0.103. The molecule has 130 valence electrons. The second kappa shape index (κ2) is 7.94. The van der Waals surface area contributed by atoms with Gasteiger partial charge in [0.1, 0.15) is 6.54 Å². The van der Waals surface area contributed by atoms with Crippen molar-refractivity contribution in [2.45, 2.75) is 13.5 Å². The van der Waals surface area contributed by atoms with Crippen LogP contribution in [0.3, 0.4) is 0 Å². The normalized spacial score (nSPS) is 15.0. The van der Waals surface area contributed by atoms with Gasteiger partial charge < -0.3 is 15.1 Å². The molecule has 0 radical (unpaired) electrons. The molecule has 0 aromatic heterocycles. The first kappa shape index (κ1) is 17.2. The summed E-state index contributed by atoms with van der Waals surface area (Å²) in [6, 6.07) is 17.6. The molecule has 0 atom stereocenters. The molecule has 25 heavy (non-hydrogen) atoms. The third kappa shape index (κ3) is 4.67. The summed E-state index contributed by atoms with van der Waals surface area (Å²) in [6.07, 6.45) is 0. The lowest BCUT2D eigenvalue weighted by Gasteiger charge is -2.32. The molecule has 0 spiro atoms. The second-order valence-electron chi connectivity index (χ2n) is 6.47. The molecule has 1 aliphatic heterocycles. The largest absolute Gasteiger partial charge is 0.328 e. The number of amides is 2. The summed E-state index contributed by atoms with van der Waals surface area (Å²) in [5.41, 5.74) is 2.62. The molecule has 0 saturated carbocycles. The van der Waals surface area contributed by atoms with E-state index in [2.05, 4.69) is 29.6 Å². The highest BCUT2D eigenvalue weighted by atomic mass is 16.2. The van der Waals surface area contributed by atoms with Gasteiger partial charge >= 0.3 is 0 Å². The van der Waals surface area contributed by atoms with E-state index in [1.807, 2.05) is 11.0 Å². The third-order valence-electron chi connectivity index (χ3n) is 4.48. The van der Waals surface area contributed by atoms with Gasteiger partial charge in [0.2, 0.25) is 5.91 Å². The Morgan fingerprint density at radius 2 is 1.76 bits per heavy atom. The molecule has 5 heteroatoms. The Bertz CT molecular complexity index is 738. The number of hydrogen-bond donors (Lipinski definition) is 2. The van der Waals surface area contributed by atoms with E-state index in [-0.39, 0.29) is 11.8 Å². The average Bonchev–Trinajstić information content (AvgIpc) is 2.62. The molecule has 0 aliphatic carbocycles. The maximum atomic E-state index is 12.7. The summed E-state index contributed by atoms with van der Waals surface area (Å²) < 4.78 is 0. The first-order valence-corrected chi connectivity index (χ1v) is 8.66. The fourth-order valence-electron chi connectivity index (χ4n) is 3.20. The van der Waals surface area contributed by atoms with Crippen LogP contribution in [0.4, 0.5) is 5.69 Å². The minimum atomic E-state index is -0.136. The van der Waals surface area contributed by atoms with Crippen LogP contribution in [0.15, 0.2) is 54.6 Å². The van der Waals surface area contributed by atoms with Gasteiger partial charge in [0.25, 0.3) is 5.91 Å². The first-order valence-electron chi connectivity index (χ1n) is 8.66. The Hall–Kier alpha value is -2.66. The second-order valence-corrected chi connectivity index (χ2v) is 6.47. The molecule has 5 nitrogen and oxygen atoms in total. The van der Waals surface area contributed by atoms with E-state index in [0.717, 1.165) is 32.7 Å². The highest BCUT2D eigenvalue weighted by Gasteiger charge is 2.24. The molecular weight excluding hydrogens is 314 g/mol. The monoisotopic (exact) mass is 338 g/mol. The number of quaternary nitrogens is 1. The molecule has 1 aliphatic rings. The van der Waals surface area contributed by atoms with Crippen molar-refractivity contribution in [3.8, 4) is 0 Å². The SMILES string of the molecule is CC(=O)Nc1cccc(C(=O)N2CC[NH+](Cc3ccccc3)CC2)c1. The summed E-state index contributed by atoms with van der Waals surface area (Å²) in [7, 11) is 0. The summed E-state index contributed by atoms with van der Waals surface area (Å²) in [5, 5.41) is 2.72. The fourth-order valence-corrected chi connectivity index (χ4v) is 3.20. The topological polar surface area (TPSA) is 53.9 Å². The lowest BCUT2D eigenvalue weighted by molar-refractivity contribution is -0.917. The summed E-state index contributed by atoms with van der Waals surface area (Å²) in [6.45, 7) is 5.87. The molecule has 2 aromatic carbocycles. The van der Waals surface area contributed by atoms with Crippen molar-refractivity contribution in [3.63, 3.8) is 0 Å². The minimum absolute atomic E-state index is 0.0333. The van der Waals surface area contributed by atoms with Gasteiger partial charge in [0.05, 0.1) is 26.2 Å². The molecule has 1 fully saturated rings. The number of nitrogens with one attached hydrogen (secondary N) is 2. The van der Waals surface area contributed by atoms with Gasteiger partial charge in [0, 0.05) is 23.7 Å². The third-order valence-corrected chi connectivity index (χ3v) is 4.48. The highest BCUT2D eigenvalue weighted by Crippen LogP contribution is 2.13. The van der Waals surface area contributed by atoms with Crippen LogP contribution in [0, 0.1) is 0 Å². The van der Waals surface area contributed by atoms with Gasteiger partial charge in [-0.2, -0.15) is 0 Å². The van der Waals surface area contributed by atoms with E-state index in [0.29, 0.717) is 11.3 Å². The zero-order valence-electron chi connectivity index (χ0n) is 14.5. The van der Waals surface area contributed by atoms with Crippen molar-refractivity contribution >= 4 is 17.5 Å². The lowest BCUT2D eigenvalue weighted by Crippen LogP contribution is -3.13. The van der Waals surface area contributed by atoms with E-state index in [4.69, 9.17) is 0 Å². The number of nitrogens with zero attached hydrogens (tertiary/aromatic N) is 1. The molecule has 2 aromatic rings. The Kier molecular flexibility index (Phi) is 5.46. The van der Waals surface area contributed by atoms with Crippen LogP contribution >= 0.6 is 0 Å². The fraction of sp³-hybridized carbons (Fsp3) is 0.300. The highest BCUT2D eigenvalue weighted by molar-refractivity contribution is 5.96. The van der Waals surface area contributed by atoms with Crippen molar-refractivity contribution in [2.24, 2.45) is 0 Å². The van der Waals surface area contributed by atoms with Gasteiger partial charge in [0.15, 0.2) is 0 Å². The van der Waals surface area contributed by atoms with Gasteiger partial charge in [-0.25, -0.2) is 0 Å². The predicted molar refractivity (Wildman–Crippen MR) is 97.5 cm³/mol. The number of hydrogen-bond acceptors (Lipinski definition) is 2. The number of piperazine rings is 1. The number of anilines is 1. The maximum absolute atomic E-state index is 12.7. The van der Waals surface area contributed by atoms with E-state index in [9.17, 15) is 9.59 Å². The van der Waals surface area contributed by atoms with E-state index in [1.165, 1.54) is 17.4 Å². The van der Waals surface area contributed by atoms with Gasteiger partial charge in [-0.1, -0.05) is 36.4 Å². The molecule has 1 saturated heterocycles. The maximum Gasteiger partial charge on any atom is 0.254 e. The molecule has 2 amide bonds. The number of rotatable bonds is 4. The van der Waals surface area contributed by atoms with Crippen LogP contribution in [-0.4, -0.2) is 42.9 Å². The summed E-state index contributed by atoms with van der Waals surface area (Å²) >= 11 is 0. The van der Waals surface area contributed by atoms with Crippen LogP contribution in [0.1, 0.15) is 22.8 Å². The van der Waals surface area contributed by atoms with Crippen molar-refractivity contribution < 1.29 is 14.5 Å². The van der Waals surface area contributed by atoms with Crippen molar-refractivity contribution in [2.75, 3.05) is 31.5 Å². The van der Waals surface area contributed by atoms with Gasteiger partial charge in [-0.3, -0.25) is 9.59 Å². The minimum Gasteiger partial charge on any atom is -0.328 e. The Labute approximate surface area is 148 Å². The van der Waals surface area contributed by atoms with Crippen LogP contribution in [0.5, 0.6) is 0 Å².